The quantitative estimate of drug-likeness (QED) is 0.235. The maximum absolute atomic E-state index is 13.9. The van der Waals surface area contributed by atoms with Crippen LogP contribution in [0.1, 0.15) is 111 Å². The number of Topliss-reactive ketones (excluding diaryl/α,β-unsaturated/α-hetero) is 1. The number of H-pyrrole nitrogens is 1. The van der Waals surface area contributed by atoms with Crippen molar-refractivity contribution in [3.8, 4) is 0 Å². The highest BCUT2D eigenvalue weighted by atomic mass is 16.5. The molecule has 1 aliphatic heterocycles. The van der Waals surface area contributed by atoms with Crippen LogP contribution in [0, 0.1) is 57.2 Å². The van der Waals surface area contributed by atoms with Crippen LogP contribution in [0.2, 0.25) is 0 Å². The lowest BCUT2D eigenvalue weighted by Gasteiger charge is -2.70. The van der Waals surface area contributed by atoms with Gasteiger partial charge in [0.1, 0.15) is 11.7 Å². The Kier molecular flexibility index (Phi) is 5.74. The molecule has 1 saturated heterocycles. The fourth-order valence-electron chi connectivity index (χ4n) is 12.4. The summed E-state index contributed by atoms with van der Waals surface area (Å²) in [5.74, 6) is 1.91. The average Bonchev–Trinajstić information content (AvgIpc) is 3.48. The summed E-state index contributed by atoms with van der Waals surface area (Å²) >= 11 is 0. The summed E-state index contributed by atoms with van der Waals surface area (Å²) in [6.07, 6.45) is 12.0. The van der Waals surface area contributed by atoms with E-state index in [0.717, 1.165) is 38.5 Å². The van der Waals surface area contributed by atoms with Crippen LogP contribution in [-0.2, 0) is 26.2 Å². The van der Waals surface area contributed by atoms with Crippen molar-refractivity contribution in [3.63, 3.8) is 0 Å². The zero-order chi connectivity index (χ0) is 29.3. The third-order valence-corrected chi connectivity index (χ3v) is 14.4. The smallest absolute Gasteiger partial charge is 0.316 e. The fraction of sp³-hybridized carbons (Fsp3) is 0.800. The van der Waals surface area contributed by atoms with E-state index in [4.69, 9.17) is 10.5 Å². The van der Waals surface area contributed by atoms with Crippen LogP contribution < -0.4 is 5.73 Å². The number of ether oxygens (including phenoxy) is 1. The molecule has 0 radical (unpaired) electrons. The fourth-order valence-corrected chi connectivity index (χ4v) is 12.4. The molecular formula is C35H51N3O3. The van der Waals surface area contributed by atoms with Crippen LogP contribution in [0.25, 0.3) is 0 Å². The Bertz CT molecular complexity index is 1340. The van der Waals surface area contributed by atoms with Gasteiger partial charge in [-0.2, -0.15) is 5.10 Å². The van der Waals surface area contributed by atoms with Crippen LogP contribution in [0.5, 0.6) is 0 Å². The van der Waals surface area contributed by atoms with Gasteiger partial charge in [0, 0.05) is 29.0 Å². The van der Waals surface area contributed by atoms with Crippen LogP contribution in [0.4, 0.5) is 5.82 Å². The highest BCUT2D eigenvalue weighted by Crippen LogP contribution is 2.74. The number of aromatic amines is 1. The van der Waals surface area contributed by atoms with Gasteiger partial charge in [0.05, 0.1) is 6.61 Å². The molecule has 1 aromatic rings. The molecular weight excluding hydrogens is 510 g/mol. The van der Waals surface area contributed by atoms with Crippen molar-refractivity contribution in [3.05, 3.63) is 22.9 Å². The van der Waals surface area contributed by atoms with Crippen LogP contribution in [0.15, 0.2) is 11.6 Å². The summed E-state index contributed by atoms with van der Waals surface area (Å²) in [6.45, 7) is 17.7. The van der Waals surface area contributed by atoms with E-state index < -0.39 is 5.92 Å². The van der Waals surface area contributed by atoms with Crippen molar-refractivity contribution in [1.82, 2.24) is 10.2 Å². The number of nitrogens with two attached hydrogens (primary N) is 1. The van der Waals surface area contributed by atoms with E-state index in [0.29, 0.717) is 42.5 Å². The molecule has 0 amide bonds. The first-order chi connectivity index (χ1) is 19.1. The number of hydrogen-bond donors (Lipinski definition) is 2. The van der Waals surface area contributed by atoms with Crippen LogP contribution in [0.3, 0.4) is 0 Å². The molecule has 0 aromatic carbocycles. The Morgan fingerprint density at radius 1 is 1.02 bits per heavy atom. The van der Waals surface area contributed by atoms with Gasteiger partial charge in [-0.15, -0.1) is 0 Å². The highest BCUT2D eigenvalue weighted by molar-refractivity contribution is 6.01. The summed E-state index contributed by atoms with van der Waals surface area (Å²) < 4.78 is 5.25. The van der Waals surface area contributed by atoms with E-state index in [1.165, 1.54) is 24.1 Å². The number of esters is 1. The Hall–Kier alpha value is -2.11. The van der Waals surface area contributed by atoms with Gasteiger partial charge < -0.3 is 10.5 Å². The SMILES string of the molecule is CC1(C)CC2C3=CCC4[C@@]5(C)Cc6c(N)n[nH]c6C(C)(C)C5CC[C@@]4(C)[C@]3(C)CC[C@@H]2[C@H](C(=O)C2CCOC2=O)C1. The van der Waals surface area contributed by atoms with Gasteiger partial charge >= 0.3 is 5.97 Å². The number of rotatable bonds is 2. The monoisotopic (exact) mass is 561 g/mol. The Labute approximate surface area is 246 Å². The van der Waals surface area contributed by atoms with Crippen molar-refractivity contribution in [2.75, 3.05) is 12.3 Å². The maximum atomic E-state index is 13.9. The van der Waals surface area contributed by atoms with Gasteiger partial charge in [0.25, 0.3) is 0 Å². The molecule has 3 N–H and O–H groups in total. The van der Waals surface area contributed by atoms with Gasteiger partial charge in [0.15, 0.2) is 5.78 Å². The van der Waals surface area contributed by atoms with E-state index in [1.54, 1.807) is 5.57 Å². The van der Waals surface area contributed by atoms with E-state index >= 15 is 0 Å². The molecule has 5 aliphatic carbocycles. The normalized spacial score (nSPS) is 45.7. The minimum atomic E-state index is -0.546. The van der Waals surface area contributed by atoms with Crippen molar-refractivity contribution in [1.29, 1.82) is 0 Å². The zero-order valence-corrected chi connectivity index (χ0v) is 26.4. The number of carbonyl (C=O) groups excluding carboxylic acids is 2. The molecule has 0 spiro atoms. The van der Waals surface area contributed by atoms with E-state index in [1.807, 2.05) is 0 Å². The lowest BCUT2D eigenvalue weighted by Crippen LogP contribution is -2.64. The van der Waals surface area contributed by atoms with Gasteiger partial charge in [-0.25, -0.2) is 0 Å². The largest absolute Gasteiger partial charge is 0.465 e. The summed E-state index contributed by atoms with van der Waals surface area (Å²) in [7, 11) is 0. The molecule has 6 aliphatic rings. The number of ketones is 1. The standard InChI is InChI=1S/C35H51N3O3/c1-31(2)16-21-19(22(17-31)27(39)20-12-15-41-30(20)40)10-13-34(6)24(21)8-9-26-33(5)18-23-28(37-38-29(23)36)32(3,4)25(33)11-14-35(26,34)7/h8,19-22,25-26H,9-18H2,1-7H3,(H3,36,37,38)/t19-,20?,21?,22+,25?,26?,33-,34+,35+/m0/s1. The molecule has 4 fully saturated rings. The minimum Gasteiger partial charge on any atom is -0.465 e. The number of allylic oxidation sites excluding steroid dienone is 2. The second-order valence-electron chi connectivity index (χ2n) is 17.1. The molecule has 6 nitrogen and oxygen atoms in total. The lowest BCUT2D eigenvalue weighted by molar-refractivity contribution is -0.158. The second-order valence-corrected chi connectivity index (χ2v) is 17.1. The molecule has 9 atom stereocenters. The van der Waals surface area contributed by atoms with Crippen molar-refractivity contribution >= 4 is 17.6 Å². The zero-order valence-electron chi connectivity index (χ0n) is 26.4. The third kappa shape index (κ3) is 3.51. The van der Waals surface area contributed by atoms with Gasteiger partial charge in [-0.1, -0.05) is 60.1 Å². The number of nitrogens with one attached hydrogen (secondary N) is 1. The van der Waals surface area contributed by atoms with Gasteiger partial charge in [0.2, 0.25) is 0 Å². The Balaban J connectivity index is 1.27. The van der Waals surface area contributed by atoms with Crippen molar-refractivity contribution in [2.24, 2.45) is 57.2 Å². The summed E-state index contributed by atoms with van der Waals surface area (Å²) in [5.41, 5.74) is 11.2. The Morgan fingerprint density at radius 2 is 1.78 bits per heavy atom. The molecule has 7 rings (SSSR count). The number of aromatic nitrogens is 2. The highest BCUT2D eigenvalue weighted by Gasteiger charge is 2.67. The van der Waals surface area contributed by atoms with Gasteiger partial charge in [-0.3, -0.25) is 14.7 Å². The summed E-state index contributed by atoms with van der Waals surface area (Å²) in [5, 5.41) is 7.81. The molecule has 0 bridgehead atoms. The minimum absolute atomic E-state index is 0.0131. The maximum Gasteiger partial charge on any atom is 0.316 e. The summed E-state index contributed by atoms with van der Waals surface area (Å²) in [6, 6.07) is 0. The van der Waals surface area contributed by atoms with E-state index in [2.05, 4.69) is 64.7 Å². The number of fused-ring (bicyclic) bond motifs is 8. The lowest BCUT2D eigenvalue weighted by atomic mass is 9.34. The molecule has 41 heavy (non-hydrogen) atoms. The molecule has 1 aromatic heterocycles. The Morgan fingerprint density at radius 3 is 2.49 bits per heavy atom. The molecule has 6 heteroatoms. The van der Waals surface area contributed by atoms with Crippen molar-refractivity contribution in [2.45, 2.75) is 112 Å². The van der Waals surface area contributed by atoms with Crippen LogP contribution >= 0.6 is 0 Å². The first-order valence-corrected chi connectivity index (χ1v) is 16.4. The third-order valence-electron chi connectivity index (χ3n) is 14.4. The first kappa shape index (κ1) is 27.7. The molecule has 224 valence electrons. The first-order valence-electron chi connectivity index (χ1n) is 16.4. The molecule has 3 saturated carbocycles. The average molecular weight is 562 g/mol. The number of anilines is 1. The van der Waals surface area contributed by atoms with E-state index in [9.17, 15) is 9.59 Å². The summed E-state index contributed by atoms with van der Waals surface area (Å²) in [4.78, 5) is 26.4. The number of nitrogen functional groups attached to an aromatic ring is 1. The van der Waals surface area contributed by atoms with E-state index in [-0.39, 0.29) is 44.7 Å². The number of hydrogen-bond acceptors (Lipinski definition) is 5. The van der Waals surface area contributed by atoms with Gasteiger partial charge in [-0.05, 0) is 96.7 Å². The van der Waals surface area contributed by atoms with Crippen molar-refractivity contribution < 1.29 is 14.3 Å². The molecule has 4 unspecified atom stereocenters. The number of nitrogens with zero attached hydrogens (tertiary/aromatic N) is 1. The van der Waals surface area contributed by atoms with Crippen LogP contribution in [-0.4, -0.2) is 28.6 Å². The number of carbonyl (C=O) groups is 2. The predicted molar refractivity (Wildman–Crippen MR) is 160 cm³/mol. The predicted octanol–water partition coefficient (Wildman–Crippen LogP) is 6.80. The second kappa shape index (κ2) is 8.50. The molecule has 2 heterocycles. The number of cyclic esters (lactones) is 1. The topological polar surface area (TPSA) is 98.1 Å².